The fourth-order valence-electron chi connectivity index (χ4n) is 2.35. The second kappa shape index (κ2) is 5.92. The van der Waals surface area contributed by atoms with Gasteiger partial charge in [0.2, 0.25) is 0 Å². The van der Waals surface area contributed by atoms with Gasteiger partial charge in [0, 0.05) is 31.1 Å². The number of benzene rings is 1. The first-order valence-electron chi connectivity index (χ1n) is 6.70. The van der Waals surface area contributed by atoms with Crippen molar-refractivity contribution in [3.63, 3.8) is 0 Å². The Balaban J connectivity index is 2.16. The van der Waals surface area contributed by atoms with Crippen molar-refractivity contribution in [2.75, 3.05) is 24.3 Å². The van der Waals surface area contributed by atoms with Crippen LogP contribution in [0, 0.1) is 0 Å². The molecule has 0 unspecified atom stereocenters. The van der Waals surface area contributed by atoms with E-state index in [1.165, 1.54) is 25.5 Å². The molecule has 0 bridgehead atoms. The van der Waals surface area contributed by atoms with Crippen molar-refractivity contribution in [3.05, 3.63) is 24.3 Å². The van der Waals surface area contributed by atoms with Crippen molar-refractivity contribution in [2.24, 2.45) is 0 Å². The summed E-state index contributed by atoms with van der Waals surface area (Å²) in [5, 5.41) is 8.98. The third-order valence-electron chi connectivity index (χ3n) is 3.67. The van der Waals surface area contributed by atoms with Crippen molar-refractivity contribution in [1.82, 2.24) is 0 Å². The Bertz CT molecular complexity index is 506. The van der Waals surface area contributed by atoms with E-state index >= 15 is 0 Å². The van der Waals surface area contributed by atoms with E-state index in [4.69, 9.17) is 5.11 Å². The van der Waals surface area contributed by atoms with Crippen LogP contribution >= 0.6 is 0 Å². The molecule has 1 aromatic carbocycles. The molecule has 2 rings (SSSR count). The van der Waals surface area contributed by atoms with Gasteiger partial charge in [-0.15, -0.1) is 0 Å². The molecule has 0 radical (unpaired) electrons. The van der Waals surface area contributed by atoms with Gasteiger partial charge in [0.05, 0.1) is 4.90 Å². The van der Waals surface area contributed by atoms with Crippen LogP contribution in [-0.4, -0.2) is 39.0 Å². The lowest BCUT2D eigenvalue weighted by Gasteiger charge is -2.39. The lowest BCUT2D eigenvalue weighted by molar-refractivity contribution is 0.283. The van der Waals surface area contributed by atoms with Crippen LogP contribution in [0.25, 0.3) is 0 Å². The van der Waals surface area contributed by atoms with E-state index in [9.17, 15) is 8.42 Å². The highest BCUT2D eigenvalue weighted by atomic mass is 32.2. The van der Waals surface area contributed by atoms with Gasteiger partial charge >= 0.3 is 0 Å². The fraction of sp³-hybridized carbons (Fsp3) is 0.571. The van der Waals surface area contributed by atoms with Gasteiger partial charge in [-0.25, -0.2) is 8.42 Å². The zero-order valence-corrected chi connectivity index (χ0v) is 12.1. The van der Waals surface area contributed by atoms with Crippen LogP contribution in [0.4, 0.5) is 5.69 Å². The Morgan fingerprint density at radius 1 is 1.26 bits per heavy atom. The van der Waals surface area contributed by atoms with E-state index in [0.717, 1.165) is 18.7 Å². The first-order valence-corrected chi connectivity index (χ1v) is 8.59. The summed E-state index contributed by atoms with van der Waals surface area (Å²) < 4.78 is 22.9. The van der Waals surface area contributed by atoms with E-state index in [1.807, 2.05) is 12.1 Å². The monoisotopic (exact) mass is 283 g/mol. The van der Waals surface area contributed by atoms with Gasteiger partial charge in [-0.05, 0) is 49.9 Å². The second-order valence-electron chi connectivity index (χ2n) is 5.12. The summed E-state index contributed by atoms with van der Waals surface area (Å²) in [4.78, 5) is 2.64. The summed E-state index contributed by atoms with van der Waals surface area (Å²) in [5.41, 5.74) is 1.05. The lowest BCUT2D eigenvalue weighted by Crippen LogP contribution is -2.41. The molecule has 19 heavy (non-hydrogen) atoms. The number of hydrogen-bond donors (Lipinski definition) is 1. The molecular formula is C14H21NO3S. The third kappa shape index (κ3) is 3.48. The minimum atomic E-state index is -3.13. The van der Waals surface area contributed by atoms with Crippen LogP contribution in [0.1, 0.15) is 25.7 Å². The summed E-state index contributed by atoms with van der Waals surface area (Å²) in [7, 11) is -3.13. The highest BCUT2D eigenvalue weighted by Crippen LogP contribution is 2.30. The average molecular weight is 283 g/mol. The van der Waals surface area contributed by atoms with E-state index in [1.54, 1.807) is 12.1 Å². The molecule has 0 aliphatic heterocycles. The number of aliphatic hydroxyl groups is 1. The van der Waals surface area contributed by atoms with Gasteiger partial charge in [-0.2, -0.15) is 0 Å². The van der Waals surface area contributed by atoms with Gasteiger partial charge in [0.1, 0.15) is 0 Å². The predicted molar refractivity (Wildman–Crippen MR) is 76.2 cm³/mol. The number of rotatable bonds is 6. The molecule has 1 aliphatic carbocycles. The van der Waals surface area contributed by atoms with Gasteiger partial charge in [-0.3, -0.25) is 0 Å². The molecule has 1 aromatic rings. The smallest absolute Gasteiger partial charge is 0.175 e. The van der Waals surface area contributed by atoms with Gasteiger partial charge in [0.15, 0.2) is 9.84 Å². The maximum Gasteiger partial charge on any atom is 0.175 e. The zero-order chi connectivity index (χ0) is 13.9. The normalized spacial score (nSPS) is 16.1. The molecule has 0 spiro atoms. The Hall–Kier alpha value is -1.07. The Labute approximate surface area is 115 Å². The summed E-state index contributed by atoms with van der Waals surface area (Å²) in [6.07, 6.45) is 5.57. The molecule has 1 fully saturated rings. The topological polar surface area (TPSA) is 57.6 Å². The maximum absolute atomic E-state index is 11.4. The molecular weight excluding hydrogens is 262 g/mol. The van der Waals surface area contributed by atoms with Crippen molar-refractivity contribution in [3.8, 4) is 0 Å². The summed E-state index contributed by atoms with van der Waals surface area (Å²) in [5.74, 6) is 0. The molecule has 0 heterocycles. The van der Waals surface area contributed by atoms with Crippen LogP contribution in [0.5, 0.6) is 0 Å². The van der Waals surface area contributed by atoms with Crippen molar-refractivity contribution >= 4 is 15.5 Å². The van der Waals surface area contributed by atoms with Gasteiger partial charge < -0.3 is 10.0 Å². The number of nitrogens with zero attached hydrogens (tertiary/aromatic N) is 1. The zero-order valence-electron chi connectivity index (χ0n) is 11.2. The summed E-state index contributed by atoms with van der Waals surface area (Å²) >= 11 is 0. The van der Waals surface area contributed by atoms with E-state index in [0.29, 0.717) is 10.9 Å². The Morgan fingerprint density at radius 2 is 1.89 bits per heavy atom. The Kier molecular flexibility index (Phi) is 4.47. The lowest BCUT2D eigenvalue weighted by atomic mass is 9.91. The van der Waals surface area contributed by atoms with E-state index in [2.05, 4.69) is 4.90 Å². The Morgan fingerprint density at radius 3 is 2.32 bits per heavy atom. The minimum Gasteiger partial charge on any atom is -0.396 e. The predicted octanol–water partition coefficient (Wildman–Crippen LogP) is 1.83. The van der Waals surface area contributed by atoms with Crippen LogP contribution < -0.4 is 4.90 Å². The van der Waals surface area contributed by atoms with E-state index in [-0.39, 0.29) is 6.61 Å². The van der Waals surface area contributed by atoms with Gasteiger partial charge in [-0.1, -0.05) is 0 Å². The largest absolute Gasteiger partial charge is 0.396 e. The van der Waals surface area contributed by atoms with Crippen LogP contribution in [0.15, 0.2) is 29.2 Å². The number of sulfone groups is 1. The molecule has 4 nitrogen and oxygen atoms in total. The van der Waals surface area contributed by atoms with Crippen LogP contribution in [0.3, 0.4) is 0 Å². The first-order chi connectivity index (χ1) is 9.02. The highest BCUT2D eigenvalue weighted by Gasteiger charge is 2.24. The number of hydrogen-bond acceptors (Lipinski definition) is 4. The van der Waals surface area contributed by atoms with Crippen LogP contribution in [-0.2, 0) is 9.84 Å². The average Bonchev–Trinajstić information content (AvgIpc) is 2.31. The van der Waals surface area contributed by atoms with Crippen molar-refractivity contribution < 1.29 is 13.5 Å². The standard InChI is InChI=1S/C14H21NO3S/c1-19(17,18)14-8-6-13(7-9-14)15(10-3-11-16)12-4-2-5-12/h6-9,12,16H,2-5,10-11H2,1H3. The fourth-order valence-corrected chi connectivity index (χ4v) is 2.98. The maximum atomic E-state index is 11.4. The second-order valence-corrected chi connectivity index (χ2v) is 7.14. The van der Waals surface area contributed by atoms with Gasteiger partial charge in [0.25, 0.3) is 0 Å². The molecule has 1 saturated carbocycles. The molecule has 106 valence electrons. The minimum absolute atomic E-state index is 0.185. The first kappa shape index (κ1) is 14.3. The quantitative estimate of drug-likeness (QED) is 0.865. The van der Waals surface area contributed by atoms with Crippen molar-refractivity contribution in [1.29, 1.82) is 0 Å². The molecule has 5 heteroatoms. The van der Waals surface area contributed by atoms with Crippen LogP contribution in [0.2, 0.25) is 0 Å². The molecule has 0 saturated heterocycles. The number of anilines is 1. The molecule has 1 N–H and O–H groups in total. The van der Waals surface area contributed by atoms with Crippen molar-refractivity contribution in [2.45, 2.75) is 36.6 Å². The SMILES string of the molecule is CS(=O)(=O)c1ccc(N(CCCO)C2CCC2)cc1. The van der Waals surface area contributed by atoms with E-state index < -0.39 is 9.84 Å². The molecule has 1 aliphatic rings. The molecule has 0 amide bonds. The molecule has 0 atom stereocenters. The molecule has 0 aromatic heterocycles. The summed E-state index contributed by atoms with van der Waals surface area (Å²) in [6, 6.07) is 7.60. The summed E-state index contributed by atoms with van der Waals surface area (Å²) in [6.45, 7) is 1.00. The number of aliphatic hydroxyl groups excluding tert-OH is 1. The highest BCUT2D eigenvalue weighted by molar-refractivity contribution is 7.90. The third-order valence-corrected chi connectivity index (χ3v) is 4.80.